The Balaban J connectivity index is 2.52. The average Bonchev–Trinajstić information content (AvgIpc) is 2.50. The van der Waals surface area contributed by atoms with Crippen LogP contribution in [0, 0.1) is 5.92 Å². The number of ether oxygens (including phenoxy) is 2. The smallest absolute Gasteiger partial charge is 0.334 e. The topological polar surface area (TPSA) is 47.9 Å². The molecule has 1 rings (SSSR count). The van der Waals surface area contributed by atoms with Crippen LogP contribution in [-0.2, 0) is 14.3 Å². The zero-order chi connectivity index (χ0) is 9.84. The minimum Gasteiger partial charge on any atom is -0.477 e. The van der Waals surface area contributed by atoms with Gasteiger partial charge in [-0.1, -0.05) is 13.8 Å². The van der Waals surface area contributed by atoms with E-state index < -0.39 is 6.04 Å². The predicted molar refractivity (Wildman–Crippen MR) is 48.6 cm³/mol. The highest BCUT2D eigenvalue weighted by molar-refractivity contribution is 5.79. The molecule has 0 bridgehead atoms. The number of nitrogens with zero attached hydrogens (tertiary/aromatic N) is 1. The van der Waals surface area contributed by atoms with Crippen LogP contribution < -0.4 is 0 Å². The summed E-state index contributed by atoms with van der Waals surface area (Å²) < 4.78 is 9.82. The number of carbonyl (C=O) groups excluding carboxylic acids is 1. The lowest BCUT2D eigenvalue weighted by molar-refractivity contribution is -0.143. The summed E-state index contributed by atoms with van der Waals surface area (Å²) in [7, 11) is 1.36. The van der Waals surface area contributed by atoms with E-state index >= 15 is 0 Å². The standard InChI is InChI=1S/C9H15NO3/c1-6(2)4-7-8(9(11)12-3)10-5-13-7/h5-8H,4H2,1-3H3/t7-,8-/m0/s1. The fraction of sp³-hybridized carbons (Fsp3) is 0.778. The molecule has 4 heteroatoms. The van der Waals surface area contributed by atoms with Gasteiger partial charge in [-0.3, -0.25) is 0 Å². The Hall–Kier alpha value is -1.06. The maximum Gasteiger partial charge on any atom is 0.334 e. The first-order valence-electron chi connectivity index (χ1n) is 4.40. The average molecular weight is 185 g/mol. The summed E-state index contributed by atoms with van der Waals surface area (Å²) in [6.07, 6.45) is 2.02. The van der Waals surface area contributed by atoms with E-state index in [1.54, 1.807) is 0 Å². The van der Waals surface area contributed by atoms with E-state index in [2.05, 4.69) is 23.6 Å². The molecule has 74 valence electrons. The molecule has 0 unspecified atom stereocenters. The number of rotatable bonds is 3. The molecule has 0 fully saturated rings. The van der Waals surface area contributed by atoms with Gasteiger partial charge in [-0.15, -0.1) is 0 Å². The molecule has 0 N–H and O–H groups in total. The van der Waals surface area contributed by atoms with Crippen LogP contribution in [0.25, 0.3) is 0 Å². The molecule has 1 heterocycles. The third-order valence-corrected chi connectivity index (χ3v) is 1.96. The van der Waals surface area contributed by atoms with Gasteiger partial charge in [0.15, 0.2) is 12.4 Å². The molecular weight excluding hydrogens is 170 g/mol. The first-order valence-corrected chi connectivity index (χ1v) is 4.40. The zero-order valence-corrected chi connectivity index (χ0v) is 8.19. The fourth-order valence-corrected chi connectivity index (χ4v) is 1.33. The molecule has 0 aromatic heterocycles. The third-order valence-electron chi connectivity index (χ3n) is 1.96. The quantitative estimate of drug-likeness (QED) is 0.616. The van der Waals surface area contributed by atoms with Gasteiger partial charge < -0.3 is 9.47 Å². The number of carbonyl (C=O) groups is 1. The van der Waals surface area contributed by atoms with Gasteiger partial charge in [0.05, 0.1) is 7.11 Å². The largest absolute Gasteiger partial charge is 0.477 e. The van der Waals surface area contributed by atoms with Gasteiger partial charge in [0.25, 0.3) is 0 Å². The molecule has 0 saturated carbocycles. The maximum absolute atomic E-state index is 11.2. The van der Waals surface area contributed by atoms with Crippen molar-refractivity contribution in [2.75, 3.05) is 7.11 Å². The van der Waals surface area contributed by atoms with Crippen molar-refractivity contribution in [3.63, 3.8) is 0 Å². The third kappa shape index (κ3) is 2.44. The Labute approximate surface area is 77.9 Å². The van der Waals surface area contributed by atoms with Crippen molar-refractivity contribution in [1.82, 2.24) is 0 Å². The van der Waals surface area contributed by atoms with Gasteiger partial charge in [-0.2, -0.15) is 0 Å². The molecule has 0 aliphatic carbocycles. The van der Waals surface area contributed by atoms with Gasteiger partial charge in [0.1, 0.15) is 6.10 Å². The Morgan fingerprint density at radius 2 is 2.38 bits per heavy atom. The van der Waals surface area contributed by atoms with Gasteiger partial charge in [-0.05, 0) is 12.3 Å². The van der Waals surface area contributed by atoms with E-state index in [1.165, 1.54) is 13.5 Å². The van der Waals surface area contributed by atoms with Crippen molar-refractivity contribution in [2.45, 2.75) is 32.4 Å². The monoisotopic (exact) mass is 185 g/mol. The molecule has 13 heavy (non-hydrogen) atoms. The lowest BCUT2D eigenvalue weighted by Crippen LogP contribution is -2.32. The summed E-state index contributed by atoms with van der Waals surface area (Å²) >= 11 is 0. The highest BCUT2D eigenvalue weighted by Gasteiger charge is 2.33. The molecule has 0 radical (unpaired) electrons. The van der Waals surface area contributed by atoms with Gasteiger partial charge in [0, 0.05) is 0 Å². The van der Waals surface area contributed by atoms with Crippen molar-refractivity contribution < 1.29 is 14.3 Å². The molecular formula is C9H15NO3. The van der Waals surface area contributed by atoms with Crippen molar-refractivity contribution in [3.05, 3.63) is 0 Å². The first-order chi connectivity index (χ1) is 6.15. The molecule has 1 aliphatic heterocycles. The number of esters is 1. The fourth-order valence-electron chi connectivity index (χ4n) is 1.33. The first kappa shape index (κ1) is 10.0. The summed E-state index contributed by atoms with van der Waals surface area (Å²) in [6, 6.07) is -0.465. The van der Waals surface area contributed by atoms with E-state index in [9.17, 15) is 4.79 Å². The van der Waals surface area contributed by atoms with Crippen LogP contribution in [0.2, 0.25) is 0 Å². The Bertz CT molecular complexity index is 213. The van der Waals surface area contributed by atoms with Crippen LogP contribution in [-0.4, -0.2) is 31.6 Å². The number of hydrogen-bond acceptors (Lipinski definition) is 4. The van der Waals surface area contributed by atoms with Crippen molar-refractivity contribution in [3.8, 4) is 0 Å². The molecule has 0 aromatic rings. The summed E-state index contributed by atoms with van der Waals surface area (Å²) in [5, 5.41) is 0. The van der Waals surface area contributed by atoms with Crippen molar-refractivity contribution in [2.24, 2.45) is 10.9 Å². The van der Waals surface area contributed by atoms with Crippen LogP contribution in [0.4, 0.5) is 0 Å². The van der Waals surface area contributed by atoms with E-state index in [-0.39, 0.29) is 12.1 Å². The highest BCUT2D eigenvalue weighted by atomic mass is 16.5. The maximum atomic E-state index is 11.2. The lowest BCUT2D eigenvalue weighted by atomic mass is 10.0. The Kier molecular flexibility index (Phi) is 3.28. The second-order valence-electron chi connectivity index (χ2n) is 3.53. The summed E-state index contributed by atoms with van der Waals surface area (Å²) in [4.78, 5) is 15.1. The van der Waals surface area contributed by atoms with Gasteiger partial charge in [0.2, 0.25) is 0 Å². The van der Waals surface area contributed by atoms with Crippen LogP contribution >= 0.6 is 0 Å². The number of methoxy groups -OCH3 is 1. The minimum absolute atomic E-state index is 0.146. The Morgan fingerprint density at radius 1 is 1.69 bits per heavy atom. The molecule has 0 saturated heterocycles. The number of aliphatic imine (C=N–C) groups is 1. The summed E-state index contributed by atoms with van der Waals surface area (Å²) in [6.45, 7) is 4.16. The highest BCUT2D eigenvalue weighted by Crippen LogP contribution is 2.18. The molecule has 2 atom stereocenters. The SMILES string of the molecule is COC(=O)[C@H]1N=CO[C@H]1CC(C)C. The van der Waals surface area contributed by atoms with Crippen molar-refractivity contribution >= 4 is 12.4 Å². The van der Waals surface area contributed by atoms with Crippen LogP contribution in [0.1, 0.15) is 20.3 Å². The second kappa shape index (κ2) is 4.25. The number of hydrogen-bond donors (Lipinski definition) is 0. The van der Waals surface area contributed by atoms with Gasteiger partial charge >= 0.3 is 5.97 Å². The lowest BCUT2D eigenvalue weighted by Gasteiger charge is -2.16. The second-order valence-corrected chi connectivity index (χ2v) is 3.53. The Morgan fingerprint density at radius 3 is 2.92 bits per heavy atom. The van der Waals surface area contributed by atoms with E-state index in [0.29, 0.717) is 5.92 Å². The van der Waals surface area contributed by atoms with Crippen molar-refractivity contribution in [1.29, 1.82) is 0 Å². The molecule has 4 nitrogen and oxygen atoms in total. The van der Waals surface area contributed by atoms with Gasteiger partial charge in [-0.25, -0.2) is 9.79 Å². The molecule has 0 aromatic carbocycles. The predicted octanol–water partition coefficient (Wildman–Crippen LogP) is 1.00. The van der Waals surface area contributed by atoms with E-state index in [0.717, 1.165) is 6.42 Å². The summed E-state index contributed by atoms with van der Waals surface area (Å²) in [5.41, 5.74) is 0. The normalized spacial score (nSPS) is 26.2. The molecule has 0 amide bonds. The van der Waals surface area contributed by atoms with E-state index in [4.69, 9.17) is 4.74 Å². The minimum atomic E-state index is -0.465. The summed E-state index contributed by atoms with van der Waals surface area (Å²) in [5.74, 6) is 0.165. The van der Waals surface area contributed by atoms with E-state index in [1.807, 2.05) is 0 Å². The van der Waals surface area contributed by atoms with Crippen LogP contribution in [0.3, 0.4) is 0 Å². The zero-order valence-electron chi connectivity index (χ0n) is 8.19. The molecule has 1 aliphatic rings. The molecule has 0 spiro atoms. The van der Waals surface area contributed by atoms with Crippen LogP contribution in [0.15, 0.2) is 4.99 Å². The van der Waals surface area contributed by atoms with Crippen LogP contribution in [0.5, 0.6) is 0 Å².